The van der Waals surface area contributed by atoms with Crippen LogP contribution in [0.25, 0.3) is 0 Å². The van der Waals surface area contributed by atoms with Crippen LogP contribution in [0.4, 0.5) is 0 Å². The number of hydrogen-bond acceptors (Lipinski definition) is 2. The Morgan fingerprint density at radius 1 is 1.20 bits per heavy atom. The predicted octanol–water partition coefficient (Wildman–Crippen LogP) is 4.65. The van der Waals surface area contributed by atoms with Crippen molar-refractivity contribution in [3.63, 3.8) is 0 Å². The van der Waals surface area contributed by atoms with Crippen LogP contribution in [0.1, 0.15) is 74.4 Å². The van der Waals surface area contributed by atoms with Crippen LogP contribution >= 0.6 is 0 Å². The average Bonchev–Trinajstić information content (AvgIpc) is 2.37. The fourth-order valence-electron chi connectivity index (χ4n) is 2.47. The Morgan fingerprint density at radius 3 is 2.40 bits per heavy atom. The maximum absolute atomic E-state index is 11.2. The minimum absolute atomic E-state index is 0.00151. The van der Waals surface area contributed by atoms with Gasteiger partial charge < -0.3 is 10.2 Å². The van der Waals surface area contributed by atoms with Gasteiger partial charge in [-0.25, -0.2) is 4.79 Å². The normalized spacial score (nSPS) is 11.6. The Hall–Kier alpha value is -1.51. The van der Waals surface area contributed by atoms with Crippen molar-refractivity contribution in [2.45, 2.75) is 65.2 Å². The number of unbranched alkanes of at least 4 members (excludes halogenated alkanes) is 3. The number of benzene rings is 1. The summed E-state index contributed by atoms with van der Waals surface area (Å²) in [5.41, 5.74) is 1.54. The van der Waals surface area contributed by atoms with Gasteiger partial charge in [0, 0.05) is 0 Å². The number of hydrogen-bond donors (Lipinski definition) is 2. The van der Waals surface area contributed by atoms with E-state index in [0.717, 1.165) is 18.4 Å². The number of carboxylic acid groups (broad SMARTS) is 1. The van der Waals surface area contributed by atoms with Crippen molar-refractivity contribution in [3.05, 3.63) is 28.8 Å². The van der Waals surface area contributed by atoms with Crippen LogP contribution in [0.3, 0.4) is 0 Å². The number of carboxylic acids is 1. The Balaban J connectivity index is 2.97. The molecular weight excluding hydrogens is 252 g/mol. The fourth-order valence-corrected chi connectivity index (χ4v) is 2.47. The maximum atomic E-state index is 11.2. The highest BCUT2D eigenvalue weighted by Crippen LogP contribution is 2.34. The molecule has 112 valence electrons. The summed E-state index contributed by atoms with van der Waals surface area (Å²) in [7, 11) is 0. The second-order valence-corrected chi connectivity index (χ2v) is 6.19. The molecule has 0 bridgehead atoms. The smallest absolute Gasteiger partial charge is 0.339 e. The van der Waals surface area contributed by atoms with Gasteiger partial charge in [0.05, 0.1) is 0 Å². The molecule has 0 aromatic heterocycles. The molecule has 0 atom stereocenters. The first kappa shape index (κ1) is 16.5. The first-order valence-corrected chi connectivity index (χ1v) is 7.37. The van der Waals surface area contributed by atoms with Crippen LogP contribution in [0.5, 0.6) is 5.75 Å². The monoisotopic (exact) mass is 278 g/mol. The van der Waals surface area contributed by atoms with Crippen LogP contribution in [0.15, 0.2) is 12.1 Å². The molecule has 0 spiro atoms. The molecule has 0 amide bonds. The summed E-state index contributed by atoms with van der Waals surface area (Å²) in [6.45, 7) is 8.21. The zero-order chi connectivity index (χ0) is 15.3. The summed E-state index contributed by atoms with van der Waals surface area (Å²) in [6.07, 6.45) is 5.83. The van der Waals surface area contributed by atoms with Gasteiger partial charge in [0.1, 0.15) is 11.3 Å². The minimum atomic E-state index is -1.07. The fraction of sp³-hybridized carbons (Fsp3) is 0.588. The first-order valence-electron chi connectivity index (χ1n) is 7.37. The van der Waals surface area contributed by atoms with Gasteiger partial charge in [-0.2, -0.15) is 0 Å². The molecule has 0 saturated carbocycles. The van der Waals surface area contributed by atoms with Crippen molar-refractivity contribution in [2.75, 3.05) is 0 Å². The van der Waals surface area contributed by atoms with Crippen LogP contribution in [-0.4, -0.2) is 16.2 Å². The van der Waals surface area contributed by atoms with Crippen LogP contribution in [-0.2, 0) is 5.41 Å². The van der Waals surface area contributed by atoms with E-state index in [1.54, 1.807) is 13.0 Å². The molecule has 3 heteroatoms. The van der Waals surface area contributed by atoms with Gasteiger partial charge in [-0.15, -0.1) is 0 Å². The van der Waals surface area contributed by atoms with Crippen LogP contribution in [0, 0.1) is 6.92 Å². The van der Waals surface area contributed by atoms with Gasteiger partial charge in [-0.1, -0.05) is 52.5 Å². The predicted molar refractivity (Wildman–Crippen MR) is 81.6 cm³/mol. The van der Waals surface area contributed by atoms with Gasteiger partial charge in [-0.05, 0) is 36.0 Å². The van der Waals surface area contributed by atoms with E-state index in [1.807, 2.05) is 6.07 Å². The van der Waals surface area contributed by atoms with E-state index in [0.29, 0.717) is 5.56 Å². The number of rotatable bonds is 7. The lowest BCUT2D eigenvalue weighted by Gasteiger charge is -2.26. The van der Waals surface area contributed by atoms with Gasteiger partial charge in [0.15, 0.2) is 0 Å². The lowest BCUT2D eigenvalue weighted by Crippen LogP contribution is -2.18. The van der Waals surface area contributed by atoms with Gasteiger partial charge in [-0.3, -0.25) is 0 Å². The lowest BCUT2D eigenvalue weighted by molar-refractivity contribution is 0.0693. The molecule has 0 heterocycles. The molecule has 2 N–H and O–H groups in total. The molecule has 1 aromatic rings. The van der Waals surface area contributed by atoms with Crippen molar-refractivity contribution >= 4 is 5.97 Å². The van der Waals surface area contributed by atoms with Gasteiger partial charge in [0.2, 0.25) is 0 Å². The molecule has 0 aliphatic carbocycles. The second-order valence-electron chi connectivity index (χ2n) is 6.19. The zero-order valence-corrected chi connectivity index (χ0v) is 13.0. The van der Waals surface area contributed by atoms with Gasteiger partial charge in [0.25, 0.3) is 0 Å². The summed E-state index contributed by atoms with van der Waals surface area (Å²) in [5, 5.41) is 19.0. The van der Waals surface area contributed by atoms with E-state index in [2.05, 4.69) is 20.8 Å². The average molecular weight is 278 g/mol. The highest BCUT2D eigenvalue weighted by Gasteiger charge is 2.24. The third kappa shape index (κ3) is 3.99. The summed E-state index contributed by atoms with van der Waals surface area (Å²) in [4.78, 5) is 11.2. The van der Waals surface area contributed by atoms with E-state index >= 15 is 0 Å². The topological polar surface area (TPSA) is 57.5 Å². The first-order chi connectivity index (χ1) is 9.29. The highest BCUT2D eigenvalue weighted by atomic mass is 16.4. The van der Waals surface area contributed by atoms with E-state index < -0.39 is 5.97 Å². The molecular formula is C17H26O3. The number of aryl methyl sites for hydroxylation is 1. The third-order valence-corrected chi connectivity index (χ3v) is 3.97. The lowest BCUT2D eigenvalue weighted by atomic mass is 9.78. The highest BCUT2D eigenvalue weighted by molar-refractivity contribution is 5.91. The van der Waals surface area contributed by atoms with Crippen molar-refractivity contribution in [2.24, 2.45) is 0 Å². The molecule has 0 saturated heterocycles. The quantitative estimate of drug-likeness (QED) is 0.714. The van der Waals surface area contributed by atoms with E-state index in [1.165, 1.54) is 19.3 Å². The van der Waals surface area contributed by atoms with Crippen molar-refractivity contribution in [3.8, 4) is 5.75 Å². The van der Waals surface area contributed by atoms with E-state index in [-0.39, 0.29) is 16.7 Å². The molecule has 3 nitrogen and oxygen atoms in total. The Labute approximate surface area is 121 Å². The van der Waals surface area contributed by atoms with Crippen LogP contribution in [0.2, 0.25) is 0 Å². The summed E-state index contributed by atoms with van der Waals surface area (Å²) in [5.74, 6) is -1.20. The summed E-state index contributed by atoms with van der Waals surface area (Å²) >= 11 is 0. The second kappa shape index (κ2) is 6.78. The molecule has 1 aromatic carbocycles. The van der Waals surface area contributed by atoms with E-state index in [9.17, 15) is 9.90 Å². The van der Waals surface area contributed by atoms with Crippen LogP contribution < -0.4 is 0 Å². The Kier molecular flexibility index (Phi) is 5.61. The van der Waals surface area contributed by atoms with Crippen molar-refractivity contribution in [1.82, 2.24) is 0 Å². The van der Waals surface area contributed by atoms with E-state index in [4.69, 9.17) is 5.11 Å². The third-order valence-electron chi connectivity index (χ3n) is 3.97. The minimum Gasteiger partial charge on any atom is -0.507 e. The molecule has 0 unspecified atom stereocenters. The SMILES string of the molecule is CCCCCCC(C)(C)c1cc(C)c(O)c(C(=O)O)c1. The Bertz CT molecular complexity index is 475. The maximum Gasteiger partial charge on any atom is 0.339 e. The zero-order valence-electron chi connectivity index (χ0n) is 13.0. The molecule has 0 aliphatic heterocycles. The molecule has 0 aliphatic rings. The summed E-state index contributed by atoms with van der Waals surface area (Å²) < 4.78 is 0. The Morgan fingerprint density at radius 2 is 1.85 bits per heavy atom. The molecule has 1 rings (SSSR count). The van der Waals surface area contributed by atoms with Gasteiger partial charge >= 0.3 is 5.97 Å². The molecule has 20 heavy (non-hydrogen) atoms. The number of aromatic carboxylic acids is 1. The summed E-state index contributed by atoms with van der Waals surface area (Å²) in [6, 6.07) is 3.52. The van der Waals surface area contributed by atoms with Crippen molar-refractivity contribution < 1.29 is 15.0 Å². The number of carbonyl (C=O) groups is 1. The molecule has 0 radical (unpaired) electrons. The van der Waals surface area contributed by atoms with Crippen molar-refractivity contribution in [1.29, 1.82) is 0 Å². The standard InChI is InChI=1S/C17H26O3/c1-5-6-7-8-9-17(3,4)13-10-12(2)15(18)14(11-13)16(19)20/h10-11,18H,5-9H2,1-4H3,(H,19,20). The number of aromatic hydroxyl groups is 1. The largest absolute Gasteiger partial charge is 0.507 e. The molecule has 0 fully saturated rings. The number of phenols is 1.